The minimum atomic E-state index is -1.29. The lowest BCUT2D eigenvalue weighted by Crippen LogP contribution is -2.64. The van der Waals surface area contributed by atoms with Crippen molar-refractivity contribution in [3.63, 3.8) is 0 Å². The molecule has 0 aromatic carbocycles. The van der Waals surface area contributed by atoms with Gasteiger partial charge in [0.25, 0.3) is 0 Å². The van der Waals surface area contributed by atoms with Crippen LogP contribution < -0.4 is 5.32 Å². The van der Waals surface area contributed by atoms with Gasteiger partial charge in [0.2, 0.25) is 5.91 Å². The Balaban J connectivity index is 2.49. The molecule has 4 N–H and O–H groups in total. The van der Waals surface area contributed by atoms with Crippen LogP contribution in [0.5, 0.6) is 0 Å². The highest BCUT2D eigenvalue weighted by atomic mass is 16.7. The summed E-state index contributed by atoms with van der Waals surface area (Å²) in [6.45, 7) is 5.95. The van der Waals surface area contributed by atoms with Crippen molar-refractivity contribution in [2.24, 2.45) is 5.92 Å². The summed E-state index contributed by atoms with van der Waals surface area (Å²) in [5, 5.41) is 33.2. The van der Waals surface area contributed by atoms with Gasteiger partial charge in [-0.15, -0.1) is 0 Å². The summed E-state index contributed by atoms with van der Waals surface area (Å²) in [6.07, 6.45) is 24.1. The molecular weight excluding hydrogens is 518 g/mol. The number of rotatable bonds is 27. The molecule has 5 atom stereocenters. The standard InChI is InChI=1S/C34H67NO6/c1-4-6-8-10-12-14-16-18-20-22-24-29(25-23-21-19-17-15-13-11-9-7-5-2)27-40-34-31(35-28(3)37)33(39)32(38)30(26-36)41-34/h29-34,36,38-39H,4-27H2,1-3H3,(H,35,37)/t30-,31+,32+,33-,34-/m1/s1. The second-order valence-electron chi connectivity index (χ2n) is 12.6. The lowest BCUT2D eigenvalue weighted by molar-refractivity contribution is -0.272. The molecule has 1 saturated heterocycles. The summed E-state index contributed by atoms with van der Waals surface area (Å²) in [5.74, 6) is 0.0596. The Morgan fingerprint density at radius 3 is 1.51 bits per heavy atom. The molecule has 0 radical (unpaired) electrons. The van der Waals surface area contributed by atoms with Gasteiger partial charge in [-0.1, -0.05) is 142 Å². The van der Waals surface area contributed by atoms with Crippen LogP contribution in [-0.2, 0) is 14.3 Å². The number of ether oxygens (including phenoxy) is 2. The number of nitrogens with one attached hydrogen (secondary N) is 1. The van der Waals surface area contributed by atoms with E-state index in [9.17, 15) is 20.1 Å². The van der Waals surface area contributed by atoms with Crippen molar-refractivity contribution in [1.29, 1.82) is 0 Å². The quantitative estimate of drug-likeness (QED) is 0.0760. The minimum absolute atomic E-state index is 0.326. The van der Waals surface area contributed by atoms with Gasteiger partial charge in [-0.2, -0.15) is 0 Å². The average Bonchev–Trinajstić information content (AvgIpc) is 2.96. The molecule has 1 amide bonds. The smallest absolute Gasteiger partial charge is 0.217 e. The lowest BCUT2D eigenvalue weighted by Gasteiger charge is -2.42. The average molecular weight is 586 g/mol. The van der Waals surface area contributed by atoms with Crippen molar-refractivity contribution in [3.8, 4) is 0 Å². The second kappa shape index (κ2) is 25.7. The number of aliphatic hydroxyl groups is 3. The second-order valence-corrected chi connectivity index (χ2v) is 12.6. The fraction of sp³-hybridized carbons (Fsp3) is 0.971. The highest BCUT2D eigenvalue weighted by Gasteiger charge is 2.45. The third-order valence-electron chi connectivity index (χ3n) is 8.68. The molecule has 0 bridgehead atoms. The molecule has 0 spiro atoms. The zero-order chi connectivity index (χ0) is 30.1. The number of carbonyl (C=O) groups excluding carboxylic acids is 1. The van der Waals surface area contributed by atoms with Crippen LogP contribution in [0.4, 0.5) is 0 Å². The Labute approximate surface area is 252 Å². The summed E-state index contributed by atoms with van der Waals surface area (Å²) in [6, 6.07) is -0.874. The molecule has 0 aliphatic carbocycles. The summed E-state index contributed by atoms with van der Waals surface area (Å²) in [5.41, 5.74) is 0. The first-order valence-electron chi connectivity index (χ1n) is 17.5. The summed E-state index contributed by atoms with van der Waals surface area (Å²) < 4.78 is 12.0. The first kappa shape index (κ1) is 38.3. The van der Waals surface area contributed by atoms with E-state index in [0.29, 0.717) is 12.5 Å². The van der Waals surface area contributed by atoms with Gasteiger partial charge in [0.15, 0.2) is 6.29 Å². The van der Waals surface area contributed by atoms with Gasteiger partial charge in [-0.3, -0.25) is 4.79 Å². The van der Waals surface area contributed by atoms with Crippen molar-refractivity contribution >= 4 is 5.91 Å². The molecule has 7 heteroatoms. The van der Waals surface area contributed by atoms with Crippen LogP contribution in [0.25, 0.3) is 0 Å². The van der Waals surface area contributed by atoms with Crippen LogP contribution in [0.1, 0.15) is 162 Å². The molecule has 244 valence electrons. The summed E-state index contributed by atoms with van der Waals surface area (Å²) >= 11 is 0. The number of aliphatic hydroxyl groups excluding tert-OH is 3. The van der Waals surface area contributed by atoms with Gasteiger partial charge < -0.3 is 30.1 Å². The molecule has 1 heterocycles. The fourth-order valence-electron chi connectivity index (χ4n) is 6.00. The zero-order valence-corrected chi connectivity index (χ0v) is 27.0. The maximum atomic E-state index is 11.8. The topological polar surface area (TPSA) is 108 Å². The van der Waals surface area contributed by atoms with E-state index < -0.39 is 37.3 Å². The first-order chi connectivity index (χ1) is 19.9. The zero-order valence-electron chi connectivity index (χ0n) is 27.0. The van der Waals surface area contributed by atoms with Gasteiger partial charge in [-0.05, 0) is 18.8 Å². The van der Waals surface area contributed by atoms with E-state index in [2.05, 4.69) is 19.2 Å². The van der Waals surface area contributed by atoms with Crippen LogP contribution in [-0.4, -0.2) is 65.1 Å². The van der Waals surface area contributed by atoms with Gasteiger partial charge >= 0.3 is 0 Å². The Kier molecular flexibility index (Phi) is 24.0. The molecule has 1 aliphatic rings. The molecular formula is C34H67NO6. The number of carbonyl (C=O) groups is 1. The predicted octanol–water partition coefficient (Wildman–Crippen LogP) is 7.18. The SMILES string of the molecule is CCCCCCCCCCCCC(CCCCCCCCCCCC)CO[C@@H]1O[C@H](CO)[C@H](O)[C@H](O)[C@@H]1NC(C)=O. The van der Waals surface area contributed by atoms with Crippen LogP contribution in [0.3, 0.4) is 0 Å². The molecule has 0 aromatic heterocycles. The number of amides is 1. The molecule has 7 nitrogen and oxygen atoms in total. The maximum absolute atomic E-state index is 11.8. The van der Waals surface area contributed by atoms with Crippen molar-refractivity contribution in [2.75, 3.05) is 13.2 Å². The Bertz CT molecular complexity index is 582. The summed E-state index contributed by atoms with van der Waals surface area (Å²) in [7, 11) is 0. The van der Waals surface area contributed by atoms with Crippen LogP contribution >= 0.6 is 0 Å². The van der Waals surface area contributed by atoms with Crippen LogP contribution in [0, 0.1) is 5.92 Å². The fourth-order valence-corrected chi connectivity index (χ4v) is 6.00. The van der Waals surface area contributed by atoms with Crippen molar-refractivity contribution < 1.29 is 29.6 Å². The Hall–Kier alpha value is -0.730. The van der Waals surface area contributed by atoms with Crippen molar-refractivity contribution in [2.45, 2.75) is 193 Å². The van der Waals surface area contributed by atoms with E-state index in [4.69, 9.17) is 9.47 Å². The molecule has 41 heavy (non-hydrogen) atoms. The molecule has 1 aliphatic heterocycles. The third-order valence-corrected chi connectivity index (χ3v) is 8.68. The first-order valence-corrected chi connectivity index (χ1v) is 17.5. The van der Waals surface area contributed by atoms with Gasteiger partial charge in [0, 0.05) is 6.92 Å². The molecule has 0 aromatic rings. The van der Waals surface area contributed by atoms with E-state index in [-0.39, 0.29) is 5.91 Å². The third kappa shape index (κ3) is 18.5. The Morgan fingerprint density at radius 2 is 1.12 bits per heavy atom. The molecule has 0 saturated carbocycles. The highest BCUT2D eigenvalue weighted by Crippen LogP contribution is 2.25. The number of hydrogen-bond donors (Lipinski definition) is 4. The van der Waals surface area contributed by atoms with E-state index in [1.807, 2.05) is 0 Å². The van der Waals surface area contributed by atoms with Crippen molar-refractivity contribution in [1.82, 2.24) is 5.32 Å². The monoisotopic (exact) mass is 585 g/mol. The number of unbranched alkanes of at least 4 members (excludes halogenated alkanes) is 18. The van der Waals surface area contributed by atoms with Gasteiger partial charge in [-0.25, -0.2) is 0 Å². The van der Waals surface area contributed by atoms with Crippen LogP contribution in [0.15, 0.2) is 0 Å². The van der Waals surface area contributed by atoms with E-state index in [1.165, 1.54) is 135 Å². The molecule has 1 rings (SSSR count). The Morgan fingerprint density at radius 1 is 0.707 bits per heavy atom. The molecule has 0 unspecified atom stereocenters. The van der Waals surface area contributed by atoms with E-state index >= 15 is 0 Å². The highest BCUT2D eigenvalue weighted by molar-refractivity contribution is 5.73. The van der Waals surface area contributed by atoms with Gasteiger partial charge in [0.1, 0.15) is 24.4 Å². The predicted molar refractivity (Wildman–Crippen MR) is 168 cm³/mol. The maximum Gasteiger partial charge on any atom is 0.217 e. The summed E-state index contributed by atoms with van der Waals surface area (Å²) in [4.78, 5) is 11.8. The normalized spacial score (nSPS) is 22.9. The largest absolute Gasteiger partial charge is 0.394 e. The van der Waals surface area contributed by atoms with Crippen molar-refractivity contribution in [3.05, 3.63) is 0 Å². The minimum Gasteiger partial charge on any atom is -0.394 e. The number of hydrogen-bond acceptors (Lipinski definition) is 6. The van der Waals surface area contributed by atoms with E-state index in [0.717, 1.165) is 12.8 Å². The van der Waals surface area contributed by atoms with Crippen LogP contribution in [0.2, 0.25) is 0 Å². The molecule has 1 fully saturated rings. The van der Waals surface area contributed by atoms with E-state index in [1.54, 1.807) is 0 Å². The lowest BCUT2D eigenvalue weighted by atomic mass is 9.94. The van der Waals surface area contributed by atoms with Gasteiger partial charge in [0.05, 0.1) is 13.2 Å².